The van der Waals surface area contributed by atoms with Crippen LogP contribution in [0, 0.1) is 6.92 Å². The fourth-order valence-electron chi connectivity index (χ4n) is 4.88. The number of carboxylic acids is 1. The molecule has 0 bridgehead atoms. The van der Waals surface area contributed by atoms with Crippen LogP contribution in [0.4, 0.5) is 5.69 Å². The zero-order valence-electron chi connectivity index (χ0n) is 21.5. The number of hydrogen-bond donors (Lipinski definition) is 2. The zero-order valence-corrected chi connectivity index (χ0v) is 22.3. The molecule has 5 aromatic rings. The second kappa shape index (κ2) is 10.7. The van der Waals surface area contributed by atoms with Crippen LogP contribution >= 0.6 is 12.2 Å². The van der Waals surface area contributed by atoms with Gasteiger partial charge in [-0.15, -0.1) is 0 Å². The topological polar surface area (TPSA) is 87.8 Å². The van der Waals surface area contributed by atoms with Crippen LogP contribution < -0.4 is 15.0 Å². The van der Waals surface area contributed by atoms with Crippen LogP contribution in [0.3, 0.4) is 0 Å². The minimum Gasteiger partial charge on any atom is -0.478 e. The Bertz CT molecular complexity index is 1670. The monoisotopic (exact) mass is 547 g/mol. The Labute approximate surface area is 236 Å². The fraction of sp³-hybridized carbons (Fsp3) is 0.0938. The van der Waals surface area contributed by atoms with Crippen molar-refractivity contribution in [3.05, 3.63) is 132 Å². The molecule has 0 aliphatic carbocycles. The lowest BCUT2D eigenvalue weighted by molar-refractivity contribution is 0.0697. The Hall–Kier alpha value is -4.95. The summed E-state index contributed by atoms with van der Waals surface area (Å²) >= 11 is 5.82. The number of aromatic nitrogens is 1. The van der Waals surface area contributed by atoms with Crippen LogP contribution in [0.1, 0.15) is 39.5 Å². The molecule has 40 heavy (non-hydrogen) atoms. The lowest BCUT2D eigenvalue weighted by atomic mass is 10.0. The highest BCUT2D eigenvalue weighted by molar-refractivity contribution is 7.80. The Morgan fingerprint density at radius 2 is 1.62 bits per heavy atom. The fourth-order valence-corrected chi connectivity index (χ4v) is 5.23. The van der Waals surface area contributed by atoms with Crippen molar-refractivity contribution in [2.24, 2.45) is 0 Å². The van der Waals surface area contributed by atoms with Crippen molar-refractivity contribution >= 4 is 29.0 Å². The molecule has 0 spiro atoms. The van der Waals surface area contributed by atoms with Gasteiger partial charge in [0.05, 0.1) is 17.3 Å². The van der Waals surface area contributed by atoms with Gasteiger partial charge in [0.15, 0.2) is 5.11 Å². The lowest BCUT2D eigenvalue weighted by Gasteiger charge is -2.26. The van der Waals surface area contributed by atoms with Gasteiger partial charge in [-0.25, -0.2) is 4.79 Å². The van der Waals surface area contributed by atoms with Crippen LogP contribution in [0.25, 0.3) is 11.3 Å². The predicted octanol–water partition coefficient (Wildman–Crippen LogP) is 7.32. The summed E-state index contributed by atoms with van der Waals surface area (Å²) in [5.74, 6) is 1.53. The van der Waals surface area contributed by atoms with E-state index in [1.165, 1.54) is 5.56 Å². The van der Waals surface area contributed by atoms with Crippen LogP contribution in [0.5, 0.6) is 11.5 Å². The number of carboxylic acid groups (broad SMARTS) is 1. The molecule has 2 atom stereocenters. The molecule has 2 aromatic heterocycles. The molecule has 6 rings (SSSR count). The van der Waals surface area contributed by atoms with Crippen LogP contribution in [-0.2, 0) is 0 Å². The number of ether oxygens (including phenoxy) is 1. The van der Waals surface area contributed by atoms with E-state index in [4.69, 9.17) is 21.4 Å². The summed E-state index contributed by atoms with van der Waals surface area (Å²) < 4.78 is 12.4. The molecule has 3 heterocycles. The first-order valence-electron chi connectivity index (χ1n) is 12.8. The van der Waals surface area contributed by atoms with Crippen molar-refractivity contribution in [2.75, 3.05) is 4.90 Å². The van der Waals surface area contributed by atoms with E-state index in [-0.39, 0.29) is 17.6 Å². The number of anilines is 1. The lowest BCUT2D eigenvalue weighted by Crippen LogP contribution is -2.29. The Morgan fingerprint density at radius 1 is 0.925 bits per heavy atom. The molecule has 1 aliphatic rings. The quantitative estimate of drug-likeness (QED) is 0.205. The maximum atomic E-state index is 11.8. The third kappa shape index (κ3) is 4.92. The molecule has 1 aliphatic heterocycles. The van der Waals surface area contributed by atoms with E-state index in [0.29, 0.717) is 27.9 Å². The molecule has 1 fully saturated rings. The van der Waals surface area contributed by atoms with E-state index in [2.05, 4.69) is 10.3 Å². The normalized spacial score (nSPS) is 16.5. The van der Waals surface area contributed by atoms with Crippen LogP contribution in [0.2, 0.25) is 0 Å². The number of carbonyl (C=O) groups is 1. The average Bonchev–Trinajstić information content (AvgIpc) is 3.60. The molecular formula is C32H25N3O4S. The van der Waals surface area contributed by atoms with E-state index in [9.17, 15) is 9.90 Å². The summed E-state index contributed by atoms with van der Waals surface area (Å²) in [7, 11) is 0. The highest BCUT2D eigenvalue weighted by Gasteiger charge is 2.42. The van der Waals surface area contributed by atoms with Gasteiger partial charge in [-0.2, -0.15) is 0 Å². The maximum Gasteiger partial charge on any atom is 0.336 e. The minimum absolute atomic E-state index is 0.172. The molecule has 2 N–H and O–H groups in total. The first-order chi connectivity index (χ1) is 19.5. The number of aromatic carboxylic acids is 1. The molecular weight excluding hydrogens is 522 g/mol. The van der Waals surface area contributed by atoms with Crippen molar-refractivity contribution in [1.82, 2.24) is 10.3 Å². The molecule has 0 amide bonds. The van der Waals surface area contributed by atoms with Gasteiger partial charge in [-0.05, 0) is 85.9 Å². The van der Waals surface area contributed by atoms with Crippen molar-refractivity contribution < 1.29 is 19.1 Å². The molecule has 198 valence electrons. The maximum absolute atomic E-state index is 11.8. The second-order valence-corrected chi connectivity index (χ2v) is 9.85. The number of pyridine rings is 1. The third-order valence-electron chi connectivity index (χ3n) is 6.81. The van der Waals surface area contributed by atoms with Crippen molar-refractivity contribution in [1.29, 1.82) is 0 Å². The summed E-state index contributed by atoms with van der Waals surface area (Å²) in [6, 6.07) is 31.1. The van der Waals surface area contributed by atoms with E-state index in [1.807, 2.05) is 84.6 Å². The number of thiocarbonyl (C=S) groups is 1. The Morgan fingerprint density at radius 3 is 2.33 bits per heavy atom. The van der Waals surface area contributed by atoms with Gasteiger partial charge in [-0.1, -0.05) is 42.0 Å². The summed E-state index contributed by atoms with van der Waals surface area (Å²) in [6.07, 6.45) is 1.74. The number of nitrogens with zero attached hydrogens (tertiary/aromatic N) is 2. The Kier molecular flexibility index (Phi) is 6.76. The average molecular weight is 548 g/mol. The van der Waals surface area contributed by atoms with Gasteiger partial charge in [0.25, 0.3) is 0 Å². The van der Waals surface area contributed by atoms with Gasteiger partial charge in [-0.3, -0.25) is 4.98 Å². The minimum atomic E-state index is -1.02. The number of hydrogen-bond acceptors (Lipinski definition) is 5. The van der Waals surface area contributed by atoms with Gasteiger partial charge in [0.2, 0.25) is 0 Å². The van der Waals surface area contributed by atoms with Crippen LogP contribution in [-0.4, -0.2) is 21.2 Å². The van der Waals surface area contributed by atoms with Crippen LogP contribution in [0.15, 0.2) is 114 Å². The van der Waals surface area contributed by atoms with E-state index in [1.54, 1.807) is 36.5 Å². The van der Waals surface area contributed by atoms with Gasteiger partial charge in [0.1, 0.15) is 29.1 Å². The smallest absolute Gasteiger partial charge is 0.336 e. The second-order valence-electron chi connectivity index (χ2n) is 9.46. The molecule has 1 saturated heterocycles. The van der Waals surface area contributed by atoms with E-state index in [0.717, 1.165) is 17.1 Å². The number of nitrogens with one attached hydrogen (secondary N) is 1. The summed E-state index contributed by atoms with van der Waals surface area (Å²) in [5, 5.41) is 13.6. The van der Waals surface area contributed by atoms with E-state index < -0.39 is 5.97 Å². The molecule has 7 nitrogen and oxygen atoms in total. The highest BCUT2D eigenvalue weighted by Crippen LogP contribution is 2.43. The largest absolute Gasteiger partial charge is 0.478 e. The van der Waals surface area contributed by atoms with E-state index >= 15 is 0 Å². The standard InChI is InChI=1S/C32H25N3O4S/c1-20-9-13-22(14-10-20)38-23-15-11-21(12-16-23)35-30(29(34-32(35)40)26-8-4-5-19-33-26)28-18-17-27(39-28)24-6-2-3-7-25(24)31(36)37/h2-19,29-30H,1H3,(H,34,40)(H,36,37). The molecule has 0 radical (unpaired) electrons. The SMILES string of the molecule is Cc1ccc(Oc2ccc(N3C(=S)NC(c4ccccn4)C3c3ccc(-c4ccccc4C(=O)O)o3)cc2)cc1. The summed E-state index contributed by atoms with van der Waals surface area (Å²) in [4.78, 5) is 18.4. The van der Waals surface area contributed by atoms with Gasteiger partial charge >= 0.3 is 5.97 Å². The first kappa shape index (κ1) is 25.3. The number of furan rings is 1. The first-order valence-corrected chi connectivity index (χ1v) is 13.2. The van der Waals surface area contributed by atoms with Gasteiger partial charge in [0, 0.05) is 17.4 Å². The molecule has 0 saturated carbocycles. The van der Waals surface area contributed by atoms with Crippen molar-refractivity contribution in [3.8, 4) is 22.8 Å². The molecule has 3 aromatic carbocycles. The number of rotatable bonds is 7. The van der Waals surface area contributed by atoms with Crippen molar-refractivity contribution in [2.45, 2.75) is 19.0 Å². The summed E-state index contributed by atoms with van der Waals surface area (Å²) in [5.41, 5.74) is 3.50. The Balaban J connectivity index is 1.36. The van der Waals surface area contributed by atoms with Gasteiger partial charge < -0.3 is 24.5 Å². The summed E-state index contributed by atoms with van der Waals surface area (Å²) in [6.45, 7) is 2.03. The zero-order chi connectivity index (χ0) is 27.6. The molecule has 8 heteroatoms. The third-order valence-corrected chi connectivity index (χ3v) is 7.13. The number of benzene rings is 3. The number of aryl methyl sites for hydroxylation is 1. The molecule has 2 unspecified atom stereocenters. The predicted molar refractivity (Wildman–Crippen MR) is 157 cm³/mol. The highest BCUT2D eigenvalue weighted by atomic mass is 32.1. The van der Waals surface area contributed by atoms with Crippen molar-refractivity contribution in [3.63, 3.8) is 0 Å².